The monoisotopic (exact) mass is 203 g/mol. The lowest BCUT2D eigenvalue weighted by molar-refractivity contribution is 0.0397. The first-order chi connectivity index (χ1) is 6.52. The van der Waals surface area contributed by atoms with E-state index >= 15 is 0 Å². The molecule has 3 heteroatoms. The summed E-state index contributed by atoms with van der Waals surface area (Å²) >= 11 is 0. The maximum absolute atomic E-state index is 5.53. The first-order valence-electron chi connectivity index (χ1n) is 5.32. The SMILES string of the molecule is CCN[C@@H](COCCOC)C(C)(C)C. The Balaban J connectivity index is 3.74. The maximum atomic E-state index is 5.53. The summed E-state index contributed by atoms with van der Waals surface area (Å²) in [7, 11) is 1.69. The van der Waals surface area contributed by atoms with Crippen molar-refractivity contribution in [3.05, 3.63) is 0 Å². The van der Waals surface area contributed by atoms with Crippen LogP contribution in [0.5, 0.6) is 0 Å². The number of methoxy groups -OCH3 is 1. The van der Waals surface area contributed by atoms with Crippen LogP contribution >= 0.6 is 0 Å². The number of ether oxygens (including phenoxy) is 2. The molecule has 0 aliphatic carbocycles. The molecule has 0 rings (SSSR count). The van der Waals surface area contributed by atoms with Gasteiger partial charge in [-0.2, -0.15) is 0 Å². The number of likely N-dealkylation sites (N-methyl/N-ethyl adjacent to an activating group) is 1. The van der Waals surface area contributed by atoms with Gasteiger partial charge in [0, 0.05) is 13.2 Å². The van der Waals surface area contributed by atoms with Gasteiger partial charge in [0.15, 0.2) is 0 Å². The van der Waals surface area contributed by atoms with Crippen LogP contribution in [0.4, 0.5) is 0 Å². The molecule has 1 atom stereocenters. The predicted octanol–water partition coefficient (Wildman–Crippen LogP) is 1.67. The van der Waals surface area contributed by atoms with E-state index < -0.39 is 0 Å². The lowest BCUT2D eigenvalue weighted by Gasteiger charge is -2.31. The third kappa shape index (κ3) is 6.35. The molecule has 0 aromatic heterocycles. The second-order valence-electron chi connectivity index (χ2n) is 4.54. The van der Waals surface area contributed by atoms with Crippen LogP contribution in [-0.4, -0.2) is 39.5 Å². The molecular weight excluding hydrogens is 178 g/mol. The Kier molecular flexibility index (Phi) is 7.15. The molecule has 3 nitrogen and oxygen atoms in total. The highest BCUT2D eigenvalue weighted by molar-refractivity contribution is 4.79. The van der Waals surface area contributed by atoms with Gasteiger partial charge in [-0.1, -0.05) is 27.7 Å². The standard InChI is InChI=1S/C11H25NO2/c1-6-12-10(11(2,3)4)9-14-8-7-13-5/h10,12H,6-9H2,1-5H3/t10-/m0/s1. The molecule has 86 valence electrons. The molecule has 0 spiro atoms. The molecule has 0 fully saturated rings. The highest BCUT2D eigenvalue weighted by Gasteiger charge is 2.23. The fraction of sp³-hybridized carbons (Fsp3) is 1.00. The minimum atomic E-state index is 0.239. The molecule has 14 heavy (non-hydrogen) atoms. The number of hydrogen-bond donors (Lipinski definition) is 1. The molecule has 0 heterocycles. The maximum Gasteiger partial charge on any atom is 0.0701 e. The van der Waals surface area contributed by atoms with Crippen LogP contribution in [0.25, 0.3) is 0 Å². The van der Waals surface area contributed by atoms with Crippen LogP contribution in [0, 0.1) is 5.41 Å². The molecule has 0 amide bonds. The smallest absolute Gasteiger partial charge is 0.0701 e. The van der Waals surface area contributed by atoms with Crippen molar-refractivity contribution in [1.29, 1.82) is 0 Å². The average Bonchev–Trinajstić information content (AvgIpc) is 2.08. The summed E-state index contributed by atoms with van der Waals surface area (Å²) in [6.07, 6.45) is 0. The molecule has 0 aliphatic heterocycles. The first kappa shape index (κ1) is 13.9. The van der Waals surface area contributed by atoms with Crippen LogP contribution in [0.3, 0.4) is 0 Å². The molecule has 1 N–H and O–H groups in total. The summed E-state index contributed by atoms with van der Waals surface area (Å²) in [5.74, 6) is 0. The van der Waals surface area contributed by atoms with Crippen molar-refractivity contribution >= 4 is 0 Å². The van der Waals surface area contributed by atoms with Crippen LogP contribution in [0.1, 0.15) is 27.7 Å². The van der Waals surface area contributed by atoms with E-state index in [9.17, 15) is 0 Å². The largest absolute Gasteiger partial charge is 0.382 e. The van der Waals surface area contributed by atoms with Gasteiger partial charge in [0.1, 0.15) is 0 Å². The van der Waals surface area contributed by atoms with Gasteiger partial charge in [0.2, 0.25) is 0 Å². The van der Waals surface area contributed by atoms with Crippen molar-refractivity contribution in [2.24, 2.45) is 5.41 Å². The normalized spacial score (nSPS) is 14.4. The van der Waals surface area contributed by atoms with Crippen molar-refractivity contribution in [2.75, 3.05) is 33.5 Å². The lowest BCUT2D eigenvalue weighted by Crippen LogP contribution is -2.43. The van der Waals surface area contributed by atoms with Gasteiger partial charge in [0.05, 0.1) is 19.8 Å². The van der Waals surface area contributed by atoms with Crippen molar-refractivity contribution in [3.8, 4) is 0 Å². The van der Waals surface area contributed by atoms with Gasteiger partial charge in [-0.15, -0.1) is 0 Å². The van der Waals surface area contributed by atoms with E-state index in [1.54, 1.807) is 7.11 Å². The van der Waals surface area contributed by atoms with Crippen LogP contribution in [0.15, 0.2) is 0 Å². The Hall–Kier alpha value is -0.120. The first-order valence-corrected chi connectivity index (χ1v) is 5.32. The van der Waals surface area contributed by atoms with Gasteiger partial charge in [0.25, 0.3) is 0 Å². The zero-order valence-electron chi connectivity index (χ0n) is 10.2. The molecule has 0 saturated carbocycles. The van der Waals surface area contributed by atoms with E-state index in [-0.39, 0.29) is 5.41 Å². The second kappa shape index (κ2) is 7.21. The molecule has 0 aliphatic rings. The van der Waals surface area contributed by atoms with E-state index in [0.717, 1.165) is 13.2 Å². The average molecular weight is 203 g/mol. The second-order valence-corrected chi connectivity index (χ2v) is 4.54. The van der Waals surface area contributed by atoms with E-state index in [2.05, 4.69) is 33.0 Å². The summed E-state index contributed by atoms with van der Waals surface area (Å²) in [6, 6.07) is 0.407. The topological polar surface area (TPSA) is 30.5 Å². The Morgan fingerprint density at radius 3 is 2.29 bits per heavy atom. The summed E-state index contributed by atoms with van der Waals surface area (Å²) in [5.41, 5.74) is 0.239. The highest BCUT2D eigenvalue weighted by atomic mass is 16.5. The van der Waals surface area contributed by atoms with Crippen LogP contribution < -0.4 is 5.32 Å². The van der Waals surface area contributed by atoms with Crippen molar-refractivity contribution in [1.82, 2.24) is 5.32 Å². The van der Waals surface area contributed by atoms with Crippen LogP contribution in [-0.2, 0) is 9.47 Å². The highest BCUT2D eigenvalue weighted by Crippen LogP contribution is 2.19. The Labute approximate surface area is 88.2 Å². The van der Waals surface area contributed by atoms with Gasteiger partial charge in [-0.3, -0.25) is 0 Å². The molecule has 0 aromatic carbocycles. The number of rotatable bonds is 7. The Morgan fingerprint density at radius 1 is 1.21 bits per heavy atom. The van der Waals surface area contributed by atoms with Crippen molar-refractivity contribution in [3.63, 3.8) is 0 Å². The van der Waals surface area contributed by atoms with Crippen LogP contribution in [0.2, 0.25) is 0 Å². The van der Waals surface area contributed by atoms with Gasteiger partial charge in [-0.25, -0.2) is 0 Å². The van der Waals surface area contributed by atoms with E-state index in [0.29, 0.717) is 19.3 Å². The zero-order chi connectivity index (χ0) is 11.0. The minimum absolute atomic E-state index is 0.239. The lowest BCUT2D eigenvalue weighted by atomic mass is 9.87. The fourth-order valence-corrected chi connectivity index (χ4v) is 1.20. The molecule has 0 unspecified atom stereocenters. The summed E-state index contributed by atoms with van der Waals surface area (Å²) in [4.78, 5) is 0. The third-order valence-electron chi connectivity index (χ3n) is 2.21. The van der Waals surface area contributed by atoms with E-state index in [1.807, 2.05) is 0 Å². The minimum Gasteiger partial charge on any atom is -0.382 e. The molecule has 0 radical (unpaired) electrons. The number of hydrogen-bond acceptors (Lipinski definition) is 3. The van der Waals surface area contributed by atoms with E-state index in [1.165, 1.54) is 0 Å². The predicted molar refractivity (Wildman–Crippen MR) is 59.6 cm³/mol. The zero-order valence-corrected chi connectivity index (χ0v) is 10.2. The van der Waals surface area contributed by atoms with Gasteiger partial charge in [-0.05, 0) is 12.0 Å². The molecule has 0 aromatic rings. The summed E-state index contributed by atoms with van der Waals surface area (Å²) < 4.78 is 10.5. The summed E-state index contributed by atoms with van der Waals surface area (Å²) in [5, 5.41) is 3.43. The molecule has 0 saturated heterocycles. The number of nitrogens with one attached hydrogen (secondary N) is 1. The Bertz CT molecular complexity index is 132. The third-order valence-corrected chi connectivity index (χ3v) is 2.21. The van der Waals surface area contributed by atoms with E-state index in [4.69, 9.17) is 9.47 Å². The van der Waals surface area contributed by atoms with Crippen molar-refractivity contribution in [2.45, 2.75) is 33.7 Å². The van der Waals surface area contributed by atoms with Gasteiger partial charge < -0.3 is 14.8 Å². The van der Waals surface area contributed by atoms with Crippen molar-refractivity contribution < 1.29 is 9.47 Å². The summed E-state index contributed by atoms with van der Waals surface area (Å²) in [6.45, 7) is 11.9. The Morgan fingerprint density at radius 2 is 1.86 bits per heavy atom. The fourth-order valence-electron chi connectivity index (χ4n) is 1.20. The molecular formula is C11H25NO2. The quantitative estimate of drug-likeness (QED) is 0.639. The van der Waals surface area contributed by atoms with Gasteiger partial charge >= 0.3 is 0 Å². The molecule has 0 bridgehead atoms.